The van der Waals surface area contributed by atoms with Crippen LogP contribution in [0, 0.1) is 5.92 Å². The predicted molar refractivity (Wildman–Crippen MR) is 106 cm³/mol. The smallest absolute Gasteiger partial charge is 0.309 e. The maximum atomic E-state index is 13.1. The van der Waals surface area contributed by atoms with Gasteiger partial charge in [0.05, 0.1) is 37.4 Å². The molecule has 0 saturated carbocycles. The van der Waals surface area contributed by atoms with Gasteiger partial charge in [-0.3, -0.25) is 14.5 Å². The third-order valence-corrected chi connectivity index (χ3v) is 6.64. The fourth-order valence-electron chi connectivity index (χ4n) is 3.83. The van der Waals surface area contributed by atoms with Crippen molar-refractivity contribution in [1.82, 2.24) is 0 Å². The van der Waals surface area contributed by atoms with Gasteiger partial charge in [0.1, 0.15) is 0 Å². The third-order valence-electron chi connectivity index (χ3n) is 5.26. The minimum atomic E-state index is -3.27. The molecule has 1 atom stereocenters. The van der Waals surface area contributed by atoms with Gasteiger partial charge in [-0.15, -0.1) is 0 Å². The van der Waals surface area contributed by atoms with Crippen molar-refractivity contribution in [2.75, 3.05) is 36.9 Å². The summed E-state index contributed by atoms with van der Waals surface area (Å²) in [6, 6.07) is 8.67. The molecule has 152 valence electrons. The number of piperidine rings is 1. The van der Waals surface area contributed by atoms with E-state index in [-0.39, 0.29) is 30.1 Å². The van der Waals surface area contributed by atoms with Gasteiger partial charge in [0.25, 0.3) is 5.91 Å². The van der Waals surface area contributed by atoms with Gasteiger partial charge in [0.2, 0.25) is 0 Å². The maximum Gasteiger partial charge on any atom is 0.309 e. The first-order valence-corrected chi connectivity index (χ1v) is 11.4. The Kier molecular flexibility index (Phi) is 6.51. The Morgan fingerprint density at radius 1 is 1.18 bits per heavy atom. The molecule has 1 N–H and O–H groups in total. The van der Waals surface area contributed by atoms with Crippen LogP contribution in [-0.4, -0.2) is 58.3 Å². The summed E-state index contributed by atoms with van der Waals surface area (Å²) < 4.78 is 28.8. The molecule has 0 aliphatic carbocycles. The van der Waals surface area contributed by atoms with Gasteiger partial charge >= 0.3 is 5.97 Å². The van der Waals surface area contributed by atoms with E-state index < -0.39 is 15.9 Å². The van der Waals surface area contributed by atoms with E-state index in [2.05, 4.69) is 0 Å². The van der Waals surface area contributed by atoms with Crippen LogP contribution < -0.4 is 9.80 Å². The molecule has 7 nitrogen and oxygen atoms in total. The van der Waals surface area contributed by atoms with Crippen LogP contribution in [0.5, 0.6) is 0 Å². The number of hydrogen-bond donors (Lipinski definition) is 1. The zero-order valence-electron chi connectivity index (χ0n) is 16.0. The highest BCUT2D eigenvalue weighted by atomic mass is 32.2. The Morgan fingerprint density at radius 3 is 2.43 bits per heavy atom. The predicted octanol–water partition coefficient (Wildman–Crippen LogP) is 0.188. The van der Waals surface area contributed by atoms with Gasteiger partial charge in [-0.25, -0.2) is 8.42 Å². The molecule has 2 heterocycles. The zero-order valence-corrected chi connectivity index (χ0v) is 16.9. The van der Waals surface area contributed by atoms with Crippen molar-refractivity contribution in [3.63, 3.8) is 0 Å². The molecular weight excluding hydrogens is 380 g/mol. The van der Waals surface area contributed by atoms with E-state index in [1.54, 1.807) is 17.9 Å². The molecule has 1 aromatic rings. The van der Waals surface area contributed by atoms with Crippen molar-refractivity contribution in [3.05, 3.63) is 41.8 Å². The lowest BCUT2D eigenvalue weighted by Gasteiger charge is -2.32. The van der Waals surface area contributed by atoms with E-state index in [0.29, 0.717) is 25.1 Å². The molecule has 0 radical (unpaired) electrons. The maximum absolute atomic E-state index is 13.1. The minimum Gasteiger partial charge on any atom is -0.466 e. The number of ether oxygens (including phenoxy) is 1. The molecule has 0 bridgehead atoms. The number of amides is 1. The molecule has 1 fully saturated rings. The Morgan fingerprint density at radius 2 is 1.86 bits per heavy atom. The number of rotatable bonds is 6. The fourth-order valence-corrected chi connectivity index (χ4v) is 5.09. The van der Waals surface area contributed by atoms with E-state index in [1.165, 1.54) is 5.41 Å². The average molecular weight is 408 g/mol. The number of para-hydroxylation sites is 1. The monoisotopic (exact) mass is 407 g/mol. The molecule has 0 unspecified atom stereocenters. The van der Waals surface area contributed by atoms with Crippen molar-refractivity contribution < 1.29 is 27.6 Å². The number of nitrogens with zero attached hydrogens (tertiary/aromatic N) is 1. The van der Waals surface area contributed by atoms with Gasteiger partial charge in [0.15, 0.2) is 16.4 Å². The lowest BCUT2D eigenvalue weighted by molar-refractivity contribution is -0.897. The van der Waals surface area contributed by atoms with Crippen LogP contribution in [-0.2, 0) is 24.2 Å². The lowest BCUT2D eigenvalue weighted by Crippen LogP contribution is -3.14. The van der Waals surface area contributed by atoms with Crippen molar-refractivity contribution >= 4 is 27.4 Å². The van der Waals surface area contributed by atoms with Crippen LogP contribution in [0.25, 0.3) is 0 Å². The van der Waals surface area contributed by atoms with E-state index in [0.717, 1.165) is 18.0 Å². The summed E-state index contributed by atoms with van der Waals surface area (Å²) in [6.07, 6.45) is 2.98. The Balaban J connectivity index is 1.66. The number of carbonyl (C=O) groups excluding carboxylic acids is 2. The first-order chi connectivity index (χ1) is 13.4. The fraction of sp³-hybridized carbons (Fsp3) is 0.500. The number of likely N-dealkylation sites (tertiary alicyclic amines) is 1. The van der Waals surface area contributed by atoms with Crippen LogP contribution in [0.1, 0.15) is 19.8 Å². The molecule has 1 amide bonds. The van der Waals surface area contributed by atoms with E-state index in [9.17, 15) is 18.0 Å². The number of nitrogens with one attached hydrogen (secondary N) is 1. The summed E-state index contributed by atoms with van der Waals surface area (Å²) >= 11 is 0. The summed E-state index contributed by atoms with van der Waals surface area (Å²) in [5.74, 6) is -0.442. The van der Waals surface area contributed by atoms with E-state index in [4.69, 9.17) is 4.74 Å². The highest BCUT2D eigenvalue weighted by Gasteiger charge is 2.35. The highest BCUT2D eigenvalue weighted by molar-refractivity contribution is 7.94. The second kappa shape index (κ2) is 8.87. The molecule has 1 saturated heterocycles. The van der Waals surface area contributed by atoms with Gasteiger partial charge in [-0.2, -0.15) is 0 Å². The van der Waals surface area contributed by atoms with Gasteiger partial charge in [-0.05, 0) is 25.1 Å². The van der Waals surface area contributed by atoms with Crippen LogP contribution in [0.2, 0.25) is 0 Å². The number of benzene rings is 1. The lowest BCUT2D eigenvalue weighted by atomic mass is 9.97. The first kappa shape index (κ1) is 20.5. The van der Waals surface area contributed by atoms with Gasteiger partial charge < -0.3 is 9.64 Å². The number of esters is 1. The molecule has 28 heavy (non-hydrogen) atoms. The number of quaternary nitrogens is 1. The Hall–Kier alpha value is -2.19. The molecule has 2 aliphatic rings. The third kappa shape index (κ3) is 4.99. The summed E-state index contributed by atoms with van der Waals surface area (Å²) in [6.45, 7) is 3.89. The van der Waals surface area contributed by atoms with Crippen molar-refractivity contribution in [2.45, 2.75) is 25.8 Å². The molecule has 3 rings (SSSR count). The molecule has 0 aromatic heterocycles. The molecular formula is C20H27N2O5S+. The van der Waals surface area contributed by atoms with Crippen LogP contribution >= 0.6 is 0 Å². The van der Waals surface area contributed by atoms with E-state index >= 15 is 0 Å². The number of carbonyl (C=O) groups is 2. The zero-order chi connectivity index (χ0) is 20.1. The van der Waals surface area contributed by atoms with Crippen LogP contribution in [0.4, 0.5) is 5.69 Å². The van der Waals surface area contributed by atoms with Crippen molar-refractivity contribution in [3.8, 4) is 0 Å². The molecule has 0 spiro atoms. The second-order valence-corrected chi connectivity index (χ2v) is 9.21. The SMILES string of the molecule is CCOC(=O)C1CC[NH+](CC(=O)N(c2ccccc2)[C@@H]2C=CS(=O)(=O)C2)CC1. The summed E-state index contributed by atoms with van der Waals surface area (Å²) in [5.41, 5.74) is 0.694. The normalized spacial score (nSPS) is 26.0. The van der Waals surface area contributed by atoms with Gasteiger partial charge in [0, 0.05) is 23.9 Å². The number of sulfone groups is 1. The van der Waals surface area contributed by atoms with E-state index in [1.807, 2.05) is 30.3 Å². The standard InChI is InChI=1S/C20H26N2O5S/c1-2-27-20(24)16-8-11-21(12-9-16)14-19(23)22(17-6-4-3-5-7-17)18-10-13-28(25,26)15-18/h3-7,10,13,16,18H,2,8-9,11-12,14-15H2,1H3/p+1/t18-/m1/s1. The minimum absolute atomic E-state index is 0.0894. The average Bonchev–Trinajstić information content (AvgIpc) is 3.03. The highest BCUT2D eigenvalue weighted by Crippen LogP contribution is 2.22. The Labute approximate surface area is 165 Å². The topological polar surface area (TPSA) is 85.2 Å². The second-order valence-electron chi connectivity index (χ2n) is 7.28. The molecule has 2 aliphatic heterocycles. The van der Waals surface area contributed by atoms with Crippen molar-refractivity contribution in [1.29, 1.82) is 0 Å². The van der Waals surface area contributed by atoms with Gasteiger partial charge in [-0.1, -0.05) is 18.2 Å². The quantitative estimate of drug-likeness (QED) is 0.681. The first-order valence-electron chi connectivity index (χ1n) is 9.68. The summed E-state index contributed by atoms with van der Waals surface area (Å²) in [4.78, 5) is 27.7. The van der Waals surface area contributed by atoms with Crippen LogP contribution in [0.15, 0.2) is 41.8 Å². The number of anilines is 1. The summed E-state index contributed by atoms with van der Waals surface area (Å²) in [5, 5.41) is 1.19. The molecule has 8 heteroatoms. The number of hydrogen-bond acceptors (Lipinski definition) is 5. The summed E-state index contributed by atoms with van der Waals surface area (Å²) in [7, 11) is -3.27. The van der Waals surface area contributed by atoms with Crippen LogP contribution in [0.3, 0.4) is 0 Å². The van der Waals surface area contributed by atoms with Crippen molar-refractivity contribution in [2.24, 2.45) is 5.92 Å². The largest absolute Gasteiger partial charge is 0.466 e. The Bertz CT molecular complexity index is 829. The molecule has 1 aromatic carbocycles.